The highest BCUT2D eigenvalue weighted by Gasteiger charge is 2.25. The summed E-state index contributed by atoms with van der Waals surface area (Å²) in [5, 5.41) is 21.3. The second-order valence-corrected chi connectivity index (χ2v) is 6.65. The van der Waals surface area contributed by atoms with Crippen LogP contribution in [-0.2, 0) is 12.8 Å². The SMILES string of the molecule is Oc1c2c(c(O)n1-c1ccc3nc(-c4ccccn4)[nH]c3c1)CCCC2. The topological polar surface area (TPSA) is 87.0 Å². The van der Waals surface area contributed by atoms with Crippen LogP contribution in [0.15, 0.2) is 42.6 Å². The van der Waals surface area contributed by atoms with Gasteiger partial charge in [0.25, 0.3) is 0 Å². The monoisotopic (exact) mass is 346 g/mol. The number of hydrogen-bond donors (Lipinski definition) is 3. The summed E-state index contributed by atoms with van der Waals surface area (Å²) < 4.78 is 1.52. The van der Waals surface area contributed by atoms with Crippen molar-refractivity contribution in [3.8, 4) is 29.0 Å². The largest absolute Gasteiger partial charge is 0.494 e. The molecule has 0 atom stereocenters. The highest BCUT2D eigenvalue weighted by Crippen LogP contribution is 2.41. The molecule has 1 aliphatic carbocycles. The summed E-state index contributed by atoms with van der Waals surface area (Å²) in [6.07, 6.45) is 5.41. The molecule has 4 aromatic rings. The van der Waals surface area contributed by atoms with E-state index in [0.717, 1.165) is 53.5 Å². The minimum atomic E-state index is 0.140. The van der Waals surface area contributed by atoms with Crippen molar-refractivity contribution in [2.24, 2.45) is 0 Å². The molecule has 0 spiro atoms. The van der Waals surface area contributed by atoms with Crippen molar-refractivity contribution in [1.29, 1.82) is 0 Å². The number of aromatic amines is 1. The summed E-state index contributed by atoms with van der Waals surface area (Å²) in [5.41, 5.74) is 4.85. The Bertz CT molecular complexity index is 1080. The first-order valence-corrected chi connectivity index (χ1v) is 8.78. The highest BCUT2D eigenvalue weighted by atomic mass is 16.3. The van der Waals surface area contributed by atoms with Crippen molar-refractivity contribution in [3.63, 3.8) is 0 Å². The van der Waals surface area contributed by atoms with Crippen molar-refractivity contribution < 1.29 is 10.2 Å². The predicted molar refractivity (Wildman–Crippen MR) is 98.6 cm³/mol. The Morgan fingerprint density at radius 2 is 1.73 bits per heavy atom. The lowest BCUT2D eigenvalue weighted by molar-refractivity contribution is 0.399. The van der Waals surface area contributed by atoms with E-state index in [2.05, 4.69) is 15.0 Å². The van der Waals surface area contributed by atoms with Gasteiger partial charge in [-0.15, -0.1) is 0 Å². The second kappa shape index (κ2) is 5.62. The fourth-order valence-corrected chi connectivity index (χ4v) is 3.77. The first kappa shape index (κ1) is 15.0. The molecule has 3 heterocycles. The van der Waals surface area contributed by atoms with E-state index in [-0.39, 0.29) is 11.8 Å². The average Bonchev–Trinajstić information content (AvgIpc) is 3.22. The Hall–Kier alpha value is -3.28. The molecule has 26 heavy (non-hydrogen) atoms. The number of nitrogens with zero attached hydrogens (tertiary/aromatic N) is 3. The lowest BCUT2D eigenvalue weighted by atomic mass is 9.95. The molecule has 0 amide bonds. The number of rotatable bonds is 2. The van der Waals surface area contributed by atoms with Gasteiger partial charge in [0, 0.05) is 17.3 Å². The molecule has 0 radical (unpaired) electrons. The molecule has 6 heteroatoms. The van der Waals surface area contributed by atoms with Gasteiger partial charge in [-0.2, -0.15) is 0 Å². The van der Waals surface area contributed by atoms with E-state index in [9.17, 15) is 10.2 Å². The normalized spacial score (nSPS) is 13.8. The van der Waals surface area contributed by atoms with Gasteiger partial charge in [-0.05, 0) is 56.0 Å². The Balaban J connectivity index is 1.64. The fraction of sp³-hybridized carbons (Fsp3) is 0.200. The third-order valence-electron chi connectivity index (χ3n) is 5.06. The average molecular weight is 346 g/mol. The Morgan fingerprint density at radius 1 is 0.962 bits per heavy atom. The first-order chi connectivity index (χ1) is 12.7. The zero-order valence-corrected chi connectivity index (χ0v) is 14.1. The first-order valence-electron chi connectivity index (χ1n) is 8.78. The summed E-state index contributed by atoms with van der Waals surface area (Å²) in [4.78, 5) is 12.2. The van der Waals surface area contributed by atoms with E-state index in [1.165, 1.54) is 4.57 Å². The molecule has 1 aromatic carbocycles. The van der Waals surface area contributed by atoms with Crippen molar-refractivity contribution in [3.05, 3.63) is 53.7 Å². The number of nitrogens with one attached hydrogen (secondary N) is 1. The summed E-state index contributed by atoms with van der Waals surface area (Å²) >= 11 is 0. The van der Waals surface area contributed by atoms with E-state index in [1.54, 1.807) is 6.20 Å². The number of pyridine rings is 1. The predicted octanol–water partition coefficient (Wildman–Crippen LogP) is 3.71. The van der Waals surface area contributed by atoms with Crippen LogP contribution in [0.25, 0.3) is 28.2 Å². The van der Waals surface area contributed by atoms with Crippen LogP contribution in [0.4, 0.5) is 0 Å². The van der Waals surface area contributed by atoms with Crippen molar-refractivity contribution in [2.45, 2.75) is 25.7 Å². The number of H-pyrrole nitrogens is 1. The second-order valence-electron chi connectivity index (χ2n) is 6.65. The van der Waals surface area contributed by atoms with Crippen molar-refractivity contribution in [2.75, 3.05) is 0 Å². The number of benzene rings is 1. The van der Waals surface area contributed by atoms with Gasteiger partial charge in [0.15, 0.2) is 5.82 Å². The lowest BCUT2D eigenvalue weighted by Crippen LogP contribution is -1.98. The molecule has 0 bridgehead atoms. The van der Waals surface area contributed by atoms with Crippen molar-refractivity contribution in [1.82, 2.24) is 19.5 Å². The van der Waals surface area contributed by atoms with Gasteiger partial charge >= 0.3 is 0 Å². The van der Waals surface area contributed by atoms with Gasteiger partial charge in [0.1, 0.15) is 5.69 Å². The number of imidazole rings is 1. The van der Waals surface area contributed by atoms with Gasteiger partial charge < -0.3 is 15.2 Å². The van der Waals surface area contributed by atoms with Gasteiger partial charge in [-0.25, -0.2) is 4.98 Å². The van der Waals surface area contributed by atoms with E-state index >= 15 is 0 Å². The molecule has 0 saturated carbocycles. The molecule has 1 aliphatic rings. The van der Waals surface area contributed by atoms with Gasteiger partial charge in [-0.1, -0.05) is 6.07 Å². The summed E-state index contributed by atoms with van der Waals surface area (Å²) in [6, 6.07) is 11.3. The van der Waals surface area contributed by atoms with Gasteiger partial charge in [0.05, 0.1) is 16.7 Å². The molecule has 0 unspecified atom stereocenters. The van der Waals surface area contributed by atoms with Crippen LogP contribution >= 0.6 is 0 Å². The van der Waals surface area contributed by atoms with Crippen LogP contribution in [0.3, 0.4) is 0 Å². The van der Waals surface area contributed by atoms with E-state index in [4.69, 9.17) is 0 Å². The van der Waals surface area contributed by atoms with Crippen molar-refractivity contribution >= 4 is 11.0 Å². The molecule has 0 fully saturated rings. The zero-order valence-electron chi connectivity index (χ0n) is 14.1. The molecule has 0 aliphatic heterocycles. The molecule has 3 aromatic heterocycles. The molecule has 5 rings (SSSR count). The van der Waals surface area contributed by atoms with Crippen LogP contribution in [0.1, 0.15) is 24.0 Å². The molecule has 0 saturated heterocycles. The highest BCUT2D eigenvalue weighted by molar-refractivity contribution is 5.81. The van der Waals surface area contributed by atoms with E-state index < -0.39 is 0 Å². The third-order valence-corrected chi connectivity index (χ3v) is 5.06. The molecule has 6 nitrogen and oxygen atoms in total. The van der Waals surface area contributed by atoms with Crippen LogP contribution in [0.2, 0.25) is 0 Å². The Kier molecular flexibility index (Phi) is 3.25. The van der Waals surface area contributed by atoms with Crippen LogP contribution in [0, 0.1) is 0 Å². The third kappa shape index (κ3) is 2.19. The van der Waals surface area contributed by atoms with Gasteiger partial charge in [-0.3, -0.25) is 9.55 Å². The summed E-state index contributed by atoms with van der Waals surface area (Å²) in [7, 11) is 0. The summed E-state index contributed by atoms with van der Waals surface area (Å²) in [6.45, 7) is 0. The summed E-state index contributed by atoms with van der Waals surface area (Å²) in [5.74, 6) is 0.972. The van der Waals surface area contributed by atoms with Crippen LogP contribution < -0.4 is 0 Å². The molecular formula is C20H18N4O2. The van der Waals surface area contributed by atoms with Crippen LogP contribution in [0.5, 0.6) is 11.8 Å². The van der Waals surface area contributed by atoms with E-state index in [0.29, 0.717) is 11.5 Å². The molecular weight excluding hydrogens is 328 g/mol. The maximum absolute atomic E-state index is 10.6. The number of aromatic nitrogens is 4. The minimum Gasteiger partial charge on any atom is -0.494 e. The Labute approximate surface area is 149 Å². The number of aromatic hydroxyl groups is 2. The minimum absolute atomic E-state index is 0.140. The zero-order chi connectivity index (χ0) is 17.7. The smallest absolute Gasteiger partial charge is 0.202 e. The number of hydrogen-bond acceptors (Lipinski definition) is 4. The maximum atomic E-state index is 10.6. The lowest BCUT2D eigenvalue weighted by Gasteiger charge is -2.09. The standard InChI is InChI=1S/C20H18N4O2/c25-19-13-5-1-2-6-14(13)20(26)24(19)12-8-9-15-17(11-12)23-18(22-15)16-7-3-4-10-21-16/h3-4,7-11,25-26H,1-2,5-6H2,(H,22,23). The fourth-order valence-electron chi connectivity index (χ4n) is 3.77. The maximum Gasteiger partial charge on any atom is 0.202 e. The molecule has 3 N–H and O–H groups in total. The van der Waals surface area contributed by atoms with E-state index in [1.807, 2.05) is 36.4 Å². The Morgan fingerprint density at radius 3 is 2.42 bits per heavy atom. The van der Waals surface area contributed by atoms with Crippen LogP contribution in [-0.4, -0.2) is 29.7 Å². The quantitative estimate of drug-likeness (QED) is 0.516. The molecule has 130 valence electrons. The number of fused-ring (bicyclic) bond motifs is 2. The van der Waals surface area contributed by atoms with Gasteiger partial charge in [0.2, 0.25) is 11.8 Å².